The molecular formula is C16H31NO3Si. The van der Waals surface area contributed by atoms with Crippen LogP contribution >= 0.6 is 0 Å². The van der Waals surface area contributed by atoms with Crippen LogP contribution in [0, 0.1) is 17.8 Å². The number of aliphatic hydroxyl groups is 1. The Morgan fingerprint density at radius 1 is 1.38 bits per heavy atom. The minimum Gasteiger partial charge on any atom is -0.450 e. The molecule has 1 aliphatic carbocycles. The Hall–Kier alpha value is -0.553. The number of piperidine rings is 1. The summed E-state index contributed by atoms with van der Waals surface area (Å²) in [6.45, 7) is 10.4. The summed E-state index contributed by atoms with van der Waals surface area (Å²) in [5.74, 6) is 1.33. The lowest BCUT2D eigenvalue weighted by Gasteiger charge is -2.42. The third kappa shape index (κ3) is 4.22. The highest BCUT2D eigenvalue weighted by molar-refractivity contribution is 6.76. The number of nitrogens with zero attached hydrogens (tertiary/aromatic N) is 1. The van der Waals surface area contributed by atoms with Crippen LogP contribution in [0.2, 0.25) is 25.7 Å². The molecule has 21 heavy (non-hydrogen) atoms. The molecule has 0 radical (unpaired) electrons. The van der Waals surface area contributed by atoms with Gasteiger partial charge in [-0.1, -0.05) is 26.6 Å². The molecule has 0 aromatic carbocycles. The van der Waals surface area contributed by atoms with E-state index in [0.717, 1.165) is 12.6 Å². The Morgan fingerprint density at radius 3 is 2.71 bits per heavy atom. The molecule has 5 heteroatoms. The van der Waals surface area contributed by atoms with Crippen molar-refractivity contribution in [3.63, 3.8) is 0 Å². The van der Waals surface area contributed by atoms with Gasteiger partial charge < -0.3 is 14.7 Å². The van der Waals surface area contributed by atoms with Crippen LogP contribution in [0.15, 0.2) is 0 Å². The monoisotopic (exact) mass is 313 g/mol. The lowest BCUT2D eigenvalue weighted by Crippen LogP contribution is -2.52. The Bertz CT molecular complexity index is 369. The predicted molar refractivity (Wildman–Crippen MR) is 87.1 cm³/mol. The third-order valence-electron chi connectivity index (χ3n) is 5.06. The Labute approximate surface area is 129 Å². The SMILES string of the molecule is C[C@@H](CO)[C@H]1[C@@H]2CC[C@@H](C2)CN1C(=O)OCC[Si](C)(C)C. The first-order valence-electron chi connectivity index (χ1n) is 8.36. The highest BCUT2D eigenvalue weighted by Crippen LogP contribution is 2.43. The topological polar surface area (TPSA) is 49.8 Å². The van der Waals surface area contributed by atoms with E-state index in [1.165, 1.54) is 19.3 Å². The summed E-state index contributed by atoms with van der Waals surface area (Å²) in [7, 11) is -1.17. The summed E-state index contributed by atoms with van der Waals surface area (Å²) >= 11 is 0. The Balaban J connectivity index is 1.96. The largest absolute Gasteiger partial charge is 0.450 e. The number of ether oxygens (including phenoxy) is 1. The van der Waals surface area contributed by atoms with Gasteiger partial charge in [-0.3, -0.25) is 0 Å². The van der Waals surface area contributed by atoms with E-state index in [-0.39, 0.29) is 24.7 Å². The quantitative estimate of drug-likeness (QED) is 0.793. The van der Waals surface area contributed by atoms with Crippen molar-refractivity contribution >= 4 is 14.2 Å². The van der Waals surface area contributed by atoms with Gasteiger partial charge in [-0.15, -0.1) is 0 Å². The third-order valence-corrected chi connectivity index (χ3v) is 6.77. The van der Waals surface area contributed by atoms with Gasteiger partial charge in [0.05, 0.1) is 6.61 Å². The molecule has 1 saturated carbocycles. The highest BCUT2D eigenvalue weighted by atomic mass is 28.3. The van der Waals surface area contributed by atoms with Crippen LogP contribution in [0.25, 0.3) is 0 Å². The first-order valence-corrected chi connectivity index (χ1v) is 12.1. The van der Waals surface area contributed by atoms with Gasteiger partial charge in [-0.05, 0) is 37.1 Å². The van der Waals surface area contributed by atoms with Gasteiger partial charge in [0.1, 0.15) is 0 Å². The molecule has 122 valence electrons. The second-order valence-electron chi connectivity index (χ2n) is 8.17. The van der Waals surface area contributed by atoms with Gasteiger partial charge in [-0.2, -0.15) is 0 Å². The van der Waals surface area contributed by atoms with Gasteiger partial charge >= 0.3 is 6.09 Å². The van der Waals surface area contributed by atoms with Crippen molar-refractivity contribution in [2.45, 2.75) is 57.9 Å². The van der Waals surface area contributed by atoms with Gasteiger partial charge in [0.2, 0.25) is 0 Å². The molecule has 0 aromatic heterocycles. The fourth-order valence-electron chi connectivity index (χ4n) is 3.85. The van der Waals surface area contributed by atoms with Gasteiger partial charge in [0.25, 0.3) is 0 Å². The summed E-state index contributed by atoms with van der Waals surface area (Å²) in [4.78, 5) is 14.4. The Morgan fingerprint density at radius 2 is 2.10 bits per heavy atom. The highest BCUT2D eigenvalue weighted by Gasteiger charge is 2.45. The second-order valence-corrected chi connectivity index (χ2v) is 13.8. The van der Waals surface area contributed by atoms with E-state index in [9.17, 15) is 9.90 Å². The maximum absolute atomic E-state index is 12.5. The number of likely N-dealkylation sites (tertiary alicyclic amines) is 1. The molecule has 0 spiro atoms. The number of carbonyl (C=O) groups is 1. The minimum absolute atomic E-state index is 0.138. The number of aliphatic hydroxyl groups excluding tert-OH is 1. The molecule has 2 aliphatic rings. The molecule has 1 N–H and O–H groups in total. The second kappa shape index (κ2) is 6.69. The molecule has 2 rings (SSSR count). The molecule has 1 amide bonds. The molecule has 4 atom stereocenters. The summed E-state index contributed by atoms with van der Waals surface area (Å²) < 4.78 is 5.55. The molecule has 1 saturated heterocycles. The fourth-order valence-corrected chi connectivity index (χ4v) is 4.56. The van der Waals surface area contributed by atoms with E-state index >= 15 is 0 Å². The van der Waals surface area contributed by atoms with Gasteiger partial charge in [-0.25, -0.2) is 4.79 Å². The average molecular weight is 314 g/mol. The van der Waals surface area contributed by atoms with Crippen molar-refractivity contribution in [2.24, 2.45) is 17.8 Å². The van der Waals surface area contributed by atoms with Crippen LogP contribution in [-0.2, 0) is 4.74 Å². The number of hydrogen-bond donors (Lipinski definition) is 1. The van der Waals surface area contributed by atoms with Crippen molar-refractivity contribution in [2.75, 3.05) is 19.8 Å². The smallest absolute Gasteiger partial charge is 0.410 e. The fraction of sp³-hybridized carbons (Fsp3) is 0.938. The van der Waals surface area contributed by atoms with Crippen LogP contribution in [0.3, 0.4) is 0 Å². The average Bonchev–Trinajstić information content (AvgIpc) is 2.78. The van der Waals surface area contributed by atoms with Crippen LogP contribution in [-0.4, -0.2) is 50.0 Å². The maximum atomic E-state index is 12.5. The summed E-state index contributed by atoms with van der Waals surface area (Å²) in [5.41, 5.74) is 0. The van der Waals surface area contributed by atoms with E-state index in [0.29, 0.717) is 18.4 Å². The zero-order chi connectivity index (χ0) is 15.6. The van der Waals surface area contributed by atoms with E-state index in [4.69, 9.17) is 4.74 Å². The zero-order valence-corrected chi connectivity index (χ0v) is 15.0. The van der Waals surface area contributed by atoms with Crippen LogP contribution in [0.1, 0.15) is 26.2 Å². The zero-order valence-electron chi connectivity index (χ0n) is 14.0. The van der Waals surface area contributed by atoms with Crippen molar-refractivity contribution in [3.8, 4) is 0 Å². The van der Waals surface area contributed by atoms with Crippen molar-refractivity contribution in [1.29, 1.82) is 0 Å². The molecule has 2 bridgehead atoms. The van der Waals surface area contributed by atoms with E-state index in [1.807, 2.05) is 11.8 Å². The molecule has 1 heterocycles. The lowest BCUT2D eigenvalue weighted by molar-refractivity contribution is 0.0226. The van der Waals surface area contributed by atoms with Crippen LogP contribution in [0.4, 0.5) is 4.79 Å². The molecule has 4 nitrogen and oxygen atoms in total. The molecule has 0 unspecified atom stereocenters. The summed E-state index contributed by atoms with van der Waals surface area (Å²) in [6, 6.07) is 1.17. The van der Waals surface area contributed by atoms with Gasteiger partial charge in [0, 0.05) is 33.2 Å². The minimum atomic E-state index is -1.17. The van der Waals surface area contributed by atoms with Crippen molar-refractivity contribution < 1.29 is 14.6 Å². The predicted octanol–water partition coefficient (Wildman–Crippen LogP) is 3.19. The Kier molecular flexibility index (Phi) is 5.36. The first-order chi connectivity index (χ1) is 9.81. The summed E-state index contributed by atoms with van der Waals surface area (Å²) in [5, 5.41) is 9.52. The molecular weight excluding hydrogens is 282 g/mol. The van der Waals surface area contributed by atoms with E-state index in [1.54, 1.807) is 0 Å². The number of rotatable bonds is 5. The number of hydrogen-bond acceptors (Lipinski definition) is 3. The maximum Gasteiger partial charge on any atom is 0.410 e. The number of fused-ring (bicyclic) bond motifs is 2. The van der Waals surface area contributed by atoms with Crippen molar-refractivity contribution in [3.05, 3.63) is 0 Å². The van der Waals surface area contributed by atoms with E-state index < -0.39 is 8.07 Å². The van der Waals surface area contributed by atoms with E-state index in [2.05, 4.69) is 19.6 Å². The first kappa shape index (κ1) is 16.8. The van der Waals surface area contributed by atoms with Crippen LogP contribution < -0.4 is 0 Å². The normalized spacial score (nSPS) is 30.3. The molecule has 1 aliphatic heterocycles. The van der Waals surface area contributed by atoms with Crippen molar-refractivity contribution in [1.82, 2.24) is 4.90 Å². The van der Waals surface area contributed by atoms with Gasteiger partial charge in [0.15, 0.2) is 0 Å². The lowest BCUT2D eigenvalue weighted by atomic mass is 9.83. The number of carbonyl (C=O) groups excluding carboxylic acids is 1. The molecule has 0 aromatic rings. The van der Waals surface area contributed by atoms with Crippen LogP contribution in [0.5, 0.6) is 0 Å². The number of amides is 1. The summed E-state index contributed by atoms with van der Waals surface area (Å²) in [6.07, 6.45) is 3.47. The molecule has 2 fully saturated rings. The standard InChI is InChI=1S/C16H31NO3Si/c1-12(11-18)15-14-6-5-13(9-14)10-17(15)16(19)20-7-8-21(2,3)4/h12-15,18H,5-11H2,1-4H3/t12-,13-,14+,15-/m0/s1.